The summed E-state index contributed by atoms with van der Waals surface area (Å²) >= 11 is 0. The number of amides is 1. The van der Waals surface area contributed by atoms with Crippen LogP contribution in [0.3, 0.4) is 0 Å². The van der Waals surface area contributed by atoms with E-state index >= 15 is 0 Å². The van der Waals surface area contributed by atoms with Crippen LogP contribution in [0.1, 0.15) is 31.1 Å². The van der Waals surface area contributed by atoms with Gasteiger partial charge in [0.25, 0.3) is 0 Å². The first-order valence-electron chi connectivity index (χ1n) is 6.44. The van der Waals surface area contributed by atoms with E-state index in [1.54, 1.807) is 24.3 Å². The number of carbonyl (C=O) groups is 2. The Morgan fingerprint density at radius 2 is 1.64 bits per heavy atom. The van der Waals surface area contributed by atoms with Crippen molar-refractivity contribution in [2.45, 2.75) is 26.4 Å². The van der Waals surface area contributed by atoms with Gasteiger partial charge in [-0.3, -0.25) is 4.79 Å². The molecule has 6 heteroatoms. The third kappa shape index (κ3) is 8.29. The van der Waals surface area contributed by atoms with Gasteiger partial charge in [0.1, 0.15) is 0 Å². The number of hydrogen-bond donors (Lipinski definition) is 2. The maximum absolute atomic E-state index is 11.2. The van der Waals surface area contributed by atoms with Crippen molar-refractivity contribution in [1.29, 1.82) is 0 Å². The Labute approximate surface area is 140 Å². The second-order valence-electron chi connectivity index (χ2n) is 5.28. The zero-order valence-corrected chi connectivity index (χ0v) is 13.7. The summed E-state index contributed by atoms with van der Waals surface area (Å²) in [6.07, 6.45) is -0.418. The molecule has 0 bridgehead atoms. The van der Waals surface area contributed by atoms with Crippen LogP contribution in [0.25, 0.3) is 0 Å². The van der Waals surface area contributed by atoms with Crippen molar-refractivity contribution in [3.05, 3.63) is 54.1 Å². The molecule has 2 rings (SSSR count). The first-order chi connectivity index (χ1) is 9.78. The van der Waals surface area contributed by atoms with E-state index in [-0.39, 0.29) is 17.1 Å². The van der Waals surface area contributed by atoms with E-state index in [2.05, 4.69) is 5.32 Å². The molecule has 0 saturated heterocycles. The molecule has 126 valence electrons. The van der Waals surface area contributed by atoms with E-state index in [4.69, 9.17) is 9.84 Å². The molecule has 2 aromatic carbocycles. The zero-order valence-electron chi connectivity index (χ0n) is 12.6. The molecular weight excluding hydrogens is 326 g/mol. The summed E-state index contributed by atoms with van der Waals surface area (Å²) in [4.78, 5) is 21.3. The predicted molar refractivity (Wildman–Crippen MR) is 80.9 cm³/mol. The maximum Gasteiger partial charge on any atom is 0.333 e. The number of rotatable bonds is 2. The van der Waals surface area contributed by atoms with Crippen LogP contribution in [0.4, 0.5) is 10.5 Å². The molecule has 5 nitrogen and oxygen atoms in total. The van der Waals surface area contributed by atoms with Gasteiger partial charge in [0, 0.05) is 17.1 Å². The largest absolute Gasteiger partial charge is 0.681 e. The number of carboxylic acids is 1. The molecule has 2 aromatic rings. The summed E-state index contributed by atoms with van der Waals surface area (Å²) in [7, 11) is 0. The molecule has 1 amide bonds. The van der Waals surface area contributed by atoms with Crippen molar-refractivity contribution in [3.8, 4) is 0 Å². The van der Waals surface area contributed by atoms with Gasteiger partial charge in [0.05, 0.1) is 5.60 Å². The predicted octanol–water partition coefficient (Wildman–Crippen LogP) is 3.85. The van der Waals surface area contributed by atoms with Crippen LogP contribution in [0.2, 0.25) is 0 Å². The molecule has 0 unspecified atom stereocenters. The minimum atomic E-state index is -0.866. The molecule has 0 saturated carbocycles. The van der Waals surface area contributed by atoms with Crippen LogP contribution in [0, 0.1) is 0 Å². The second kappa shape index (κ2) is 9.07. The van der Waals surface area contributed by atoms with Crippen LogP contribution < -0.4 is 5.32 Å². The third-order valence-electron chi connectivity index (χ3n) is 2.22. The summed E-state index contributed by atoms with van der Waals surface area (Å²) in [5.74, 6) is -0.866. The Morgan fingerprint density at radius 1 is 1.14 bits per heavy atom. The fraction of sp³-hybridized carbons (Fsp3) is 0.250. The molecule has 0 fully saturated rings. The molecule has 0 atom stereocenters. The van der Waals surface area contributed by atoms with Gasteiger partial charge in [-0.25, -0.2) is 0 Å². The number of anilines is 1. The summed E-state index contributed by atoms with van der Waals surface area (Å²) in [5.41, 5.74) is 0.663. The van der Waals surface area contributed by atoms with E-state index in [1.165, 1.54) is 0 Å². The second-order valence-corrected chi connectivity index (χ2v) is 5.28. The number of nitrogens with one attached hydrogen (secondary N) is 1. The van der Waals surface area contributed by atoms with Crippen molar-refractivity contribution in [1.82, 2.24) is 0 Å². The molecule has 0 aliphatic carbocycles. The topological polar surface area (TPSA) is 75.6 Å². The van der Waals surface area contributed by atoms with Gasteiger partial charge < -0.3 is 49.8 Å². The van der Waals surface area contributed by atoms with Gasteiger partial charge in [-0.1, -0.05) is 0 Å². The fourth-order valence-corrected chi connectivity index (χ4v) is 1.40. The normalized spacial score (nSPS) is 9.77. The molecule has 2 N–H and O–H groups in total. The monoisotopic (exact) mass is 345 g/mol. The van der Waals surface area contributed by atoms with Crippen LogP contribution in [0.5, 0.6) is 0 Å². The standard InChI is InChI=1S/C10H14NO2.C6H5O2.Fe/c1-10(2,3)13-9(12)11-8-6-4-5-7-8;7-6(8)5-3-1-2-4-5;/h4-7H,1-3H3,(H,11,12);1-4H,(H,7,8);/q-1;-5;. The van der Waals surface area contributed by atoms with Crippen molar-refractivity contribution in [3.63, 3.8) is 0 Å². The Morgan fingerprint density at radius 3 is 2.00 bits per heavy atom. The third-order valence-corrected chi connectivity index (χ3v) is 2.22. The zero-order chi connectivity index (χ0) is 15.9. The first-order valence-corrected chi connectivity index (χ1v) is 6.44. The number of ether oxygens (including phenoxy) is 1. The average Bonchev–Trinajstić information content (AvgIpc) is 2.98. The van der Waals surface area contributed by atoms with Crippen LogP contribution >= 0.6 is 0 Å². The van der Waals surface area contributed by atoms with E-state index in [0.717, 1.165) is 5.69 Å². The van der Waals surface area contributed by atoms with Crippen LogP contribution in [0.15, 0.2) is 48.5 Å². The molecule has 0 radical (unpaired) electrons. The Kier molecular flexibility index (Phi) is 8.23. The van der Waals surface area contributed by atoms with Gasteiger partial charge >= 0.3 is 6.09 Å². The molecule has 0 spiro atoms. The van der Waals surface area contributed by atoms with Gasteiger partial charge in [-0.2, -0.15) is 12.1 Å². The average molecular weight is 345 g/mol. The van der Waals surface area contributed by atoms with Crippen molar-refractivity contribution in [2.75, 3.05) is 5.32 Å². The molecule has 0 aliphatic heterocycles. The minimum absolute atomic E-state index is 0. The maximum atomic E-state index is 11.2. The number of carboxylic acid groups (broad SMARTS) is 1. The Balaban J connectivity index is 0.000000423. The van der Waals surface area contributed by atoms with Gasteiger partial charge in [-0.15, -0.1) is 18.1 Å². The van der Waals surface area contributed by atoms with E-state index in [1.807, 2.05) is 45.0 Å². The first kappa shape index (κ1) is 20.0. The Hall–Kier alpha value is -2.04. The molecule has 0 aliphatic rings. The van der Waals surface area contributed by atoms with Crippen molar-refractivity contribution in [2.24, 2.45) is 0 Å². The SMILES string of the molecule is CC(C)(C)OC(=O)N[c-]1cccc1.O=C(O)[c-]1[cH-][cH-][cH-][cH-]1.[Fe]. The van der Waals surface area contributed by atoms with E-state index in [0.29, 0.717) is 5.56 Å². The summed E-state index contributed by atoms with van der Waals surface area (Å²) in [6, 6.07) is 13.8. The minimum Gasteiger partial charge on any atom is -0.681 e. The molecular formula is C16H19FeNO4-6. The number of hydrogen-bond acceptors (Lipinski definition) is 3. The molecule has 0 heterocycles. The van der Waals surface area contributed by atoms with E-state index < -0.39 is 17.7 Å². The van der Waals surface area contributed by atoms with Gasteiger partial charge in [0.15, 0.2) is 0 Å². The quantitative estimate of drug-likeness (QED) is 0.640. The van der Waals surface area contributed by atoms with Crippen molar-refractivity contribution >= 4 is 17.7 Å². The number of carbonyl (C=O) groups excluding carboxylic acids is 1. The fourth-order valence-electron chi connectivity index (χ4n) is 1.40. The molecule has 0 aromatic heterocycles. The Bertz CT molecular complexity index is 553. The van der Waals surface area contributed by atoms with E-state index in [9.17, 15) is 9.59 Å². The summed E-state index contributed by atoms with van der Waals surface area (Å²) < 4.78 is 5.06. The van der Waals surface area contributed by atoms with Gasteiger partial charge in [-0.05, 0) is 26.5 Å². The van der Waals surface area contributed by atoms with Gasteiger partial charge in [0.2, 0.25) is 0 Å². The van der Waals surface area contributed by atoms with Crippen molar-refractivity contribution < 1.29 is 36.5 Å². The summed E-state index contributed by atoms with van der Waals surface area (Å²) in [6.45, 7) is 5.49. The molecule has 22 heavy (non-hydrogen) atoms. The number of aromatic carboxylic acids is 1. The van der Waals surface area contributed by atoms with Crippen LogP contribution in [-0.4, -0.2) is 22.8 Å². The smallest absolute Gasteiger partial charge is 0.333 e. The van der Waals surface area contributed by atoms with Crippen LogP contribution in [-0.2, 0) is 21.8 Å². The summed E-state index contributed by atoms with van der Waals surface area (Å²) in [5, 5.41) is 10.9.